The third-order valence-electron chi connectivity index (χ3n) is 5.53. The first-order chi connectivity index (χ1) is 14.1. The minimum absolute atomic E-state index is 0.117. The Kier molecular flexibility index (Phi) is 4.91. The highest BCUT2D eigenvalue weighted by molar-refractivity contribution is 5.98. The predicted molar refractivity (Wildman–Crippen MR) is 108 cm³/mol. The molecule has 1 fully saturated rings. The van der Waals surface area contributed by atoms with Crippen LogP contribution in [0, 0.1) is 13.8 Å². The van der Waals surface area contributed by atoms with E-state index in [-0.39, 0.29) is 5.91 Å². The molecule has 158 valence electrons. The van der Waals surface area contributed by atoms with E-state index in [1.54, 1.807) is 22.6 Å². The first kappa shape index (κ1) is 20.2. The number of hydrogen-bond donors (Lipinski definition) is 0. The summed E-state index contributed by atoms with van der Waals surface area (Å²) in [4.78, 5) is 21.2. The van der Waals surface area contributed by atoms with E-state index in [9.17, 15) is 18.0 Å². The summed E-state index contributed by atoms with van der Waals surface area (Å²) in [6.07, 6.45) is -4.37. The van der Waals surface area contributed by atoms with Crippen LogP contribution in [0.4, 0.5) is 18.9 Å². The maximum atomic E-state index is 13.1. The van der Waals surface area contributed by atoms with Gasteiger partial charge in [-0.1, -0.05) is 6.07 Å². The summed E-state index contributed by atoms with van der Waals surface area (Å²) in [7, 11) is 1.82. The molecule has 1 aliphatic heterocycles. The van der Waals surface area contributed by atoms with Gasteiger partial charge >= 0.3 is 6.18 Å². The minimum Gasteiger partial charge on any atom is -0.368 e. The summed E-state index contributed by atoms with van der Waals surface area (Å²) >= 11 is 0. The van der Waals surface area contributed by atoms with E-state index in [1.807, 2.05) is 24.9 Å². The third kappa shape index (κ3) is 3.59. The van der Waals surface area contributed by atoms with Gasteiger partial charge in [-0.25, -0.2) is 4.98 Å². The molecule has 1 aliphatic rings. The maximum absolute atomic E-state index is 13.1. The molecule has 0 unspecified atom stereocenters. The van der Waals surface area contributed by atoms with E-state index in [4.69, 9.17) is 0 Å². The number of halogens is 3. The van der Waals surface area contributed by atoms with Crippen molar-refractivity contribution >= 4 is 22.6 Å². The molecule has 30 heavy (non-hydrogen) atoms. The molecule has 0 saturated carbocycles. The average Bonchev–Trinajstić information content (AvgIpc) is 2.99. The predicted octanol–water partition coefficient (Wildman–Crippen LogP) is 3.57. The molecule has 0 N–H and O–H groups in total. The van der Waals surface area contributed by atoms with Crippen molar-refractivity contribution in [3.63, 3.8) is 0 Å². The normalized spacial score (nSPS) is 15.1. The van der Waals surface area contributed by atoms with Crippen LogP contribution in [-0.2, 0) is 13.2 Å². The zero-order valence-corrected chi connectivity index (χ0v) is 17.0. The number of anilines is 1. The quantitative estimate of drug-likeness (QED) is 0.640. The van der Waals surface area contributed by atoms with Gasteiger partial charge in [0.25, 0.3) is 5.91 Å². The molecule has 3 aromatic rings. The molecule has 1 saturated heterocycles. The lowest BCUT2D eigenvalue weighted by atomic mass is 10.1. The van der Waals surface area contributed by atoms with Crippen molar-refractivity contribution in [1.29, 1.82) is 0 Å². The molecule has 9 heteroatoms. The van der Waals surface area contributed by atoms with E-state index in [1.165, 1.54) is 6.07 Å². The number of rotatable bonds is 2. The lowest BCUT2D eigenvalue weighted by molar-refractivity contribution is -0.137. The standard InChI is InChI=1S/C21H22F3N5O/c1-13-18(12-17-14(2)26-27(3)19(17)25-13)20(30)29-9-7-28(8-10-29)16-6-4-5-15(11-16)21(22,23)24/h4-6,11-12H,7-10H2,1-3H3. The summed E-state index contributed by atoms with van der Waals surface area (Å²) in [5.41, 5.74) is 2.56. The lowest BCUT2D eigenvalue weighted by Crippen LogP contribution is -2.49. The molecule has 2 aromatic heterocycles. The lowest BCUT2D eigenvalue weighted by Gasteiger charge is -2.36. The van der Waals surface area contributed by atoms with Crippen LogP contribution in [-0.4, -0.2) is 51.8 Å². The monoisotopic (exact) mass is 417 g/mol. The van der Waals surface area contributed by atoms with Gasteiger partial charge in [0, 0.05) is 44.3 Å². The van der Waals surface area contributed by atoms with Crippen molar-refractivity contribution in [2.45, 2.75) is 20.0 Å². The maximum Gasteiger partial charge on any atom is 0.416 e. The van der Waals surface area contributed by atoms with Crippen LogP contribution in [0.2, 0.25) is 0 Å². The van der Waals surface area contributed by atoms with Crippen LogP contribution in [0.3, 0.4) is 0 Å². The van der Waals surface area contributed by atoms with Gasteiger partial charge in [-0.05, 0) is 38.1 Å². The molecule has 4 rings (SSSR count). The summed E-state index contributed by atoms with van der Waals surface area (Å²) in [6.45, 7) is 5.47. The Bertz CT molecular complexity index is 1110. The molecule has 0 spiro atoms. The van der Waals surface area contributed by atoms with Crippen LogP contribution in [0.5, 0.6) is 0 Å². The van der Waals surface area contributed by atoms with Crippen molar-refractivity contribution in [3.8, 4) is 0 Å². The van der Waals surface area contributed by atoms with Gasteiger partial charge in [0.15, 0.2) is 5.65 Å². The second-order valence-electron chi connectivity index (χ2n) is 7.53. The third-order valence-corrected chi connectivity index (χ3v) is 5.53. The number of benzene rings is 1. The fourth-order valence-electron chi connectivity index (χ4n) is 3.87. The molecule has 0 aliphatic carbocycles. The molecule has 1 amide bonds. The molecular formula is C21H22F3N5O. The molecule has 3 heterocycles. The first-order valence-electron chi connectivity index (χ1n) is 9.67. The molecule has 0 atom stereocenters. The Labute approximate surface area is 171 Å². The number of aryl methyl sites for hydroxylation is 3. The van der Waals surface area contributed by atoms with Gasteiger partial charge in [0.2, 0.25) is 0 Å². The highest BCUT2D eigenvalue weighted by atomic mass is 19.4. The summed E-state index contributed by atoms with van der Waals surface area (Å²) in [6, 6.07) is 7.14. The van der Waals surface area contributed by atoms with E-state index in [2.05, 4.69) is 10.1 Å². The van der Waals surface area contributed by atoms with Crippen LogP contribution in [0.15, 0.2) is 30.3 Å². The van der Waals surface area contributed by atoms with E-state index in [0.717, 1.165) is 28.9 Å². The molecule has 1 aromatic carbocycles. The van der Waals surface area contributed by atoms with Crippen LogP contribution < -0.4 is 4.90 Å². The van der Waals surface area contributed by atoms with Gasteiger partial charge in [-0.15, -0.1) is 0 Å². The van der Waals surface area contributed by atoms with Crippen molar-refractivity contribution in [3.05, 3.63) is 52.8 Å². The zero-order valence-electron chi connectivity index (χ0n) is 17.0. The topological polar surface area (TPSA) is 54.3 Å². The smallest absolute Gasteiger partial charge is 0.368 e. The Hall–Kier alpha value is -3.10. The number of amides is 1. The Balaban J connectivity index is 1.51. The van der Waals surface area contributed by atoms with Gasteiger partial charge in [0.05, 0.1) is 22.5 Å². The Morgan fingerprint density at radius 1 is 1.03 bits per heavy atom. The van der Waals surface area contributed by atoms with Crippen molar-refractivity contribution in [1.82, 2.24) is 19.7 Å². The Morgan fingerprint density at radius 2 is 1.73 bits per heavy atom. The summed E-state index contributed by atoms with van der Waals surface area (Å²) < 4.78 is 40.7. The second kappa shape index (κ2) is 7.30. The number of nitrogens with zero attached hydrogens (tertiary/aromatic N) is 5. The molecule has 0 bridgehead atoms. The number of carbonyl (C=O) groups excluding carboxylic acids is 1. The summed E-state index contributed by atoms with van der Waals surface area (Å²) in [5, 5.41) is 5.20. The molecule has 6 nitrogen and oxygen atoms in total. The zero-order chi connectivity index (χ0) is 21.6. The highest BCUT2D eigenvalue weighted by Crippen LogP contribution is 2.32. The van der Waals surface area contributed by atoms with Crippen molar-refractivity contribution < 1.29 is 18.0 Å². The van der Waals surface area contributed by atoms with Gasteiger partial charge < -0.3 is 9.80 Å². The summed E-state index contributed by atoms with van der Waals surface area (Å²) in [5.74, 6) is -0.117. The minimum atomic E-state index is -4.37. The average molecular weight is 417 g/mol. The SMILES string of the molecule is Cc1nc2c(cc1C(=O)N1CCN(c3cccc(C(F)(F)F)c3)CC1)c(C)nn2C. The largest absolute Gasteiger partial charge is 0.416 e. The highest BCUT2D eigenvalue weighted by Gasteiger charge is 2.31. The fraction of sp³-hybridized carbons (Fsp3) is 0.381. The van der Waals surface area contributed by atoms with Gasteiger partial charge in [-0.2, -0.15) is 18.3 Å². The van der Waals surface area contributed by atoms with Gasteiger partial charge in [0.1, 0.15) is 0 Å². The number of hydrogen-bond acceptors (Lipinski definition) is 4. The van der Waals surface area contributed by atoms with Gasteiger partial charge in [-0.3, -0.25) is 9.48 Å². The van der Waals surface area contributed by atoms with Crippen LogP contribution >= 0.6 is 0 Å². The van der Waals surface area contributed by atoms with E-state index in [0.29, 0.717) is 43.1 Å². The number of fused-ring (bicyclic) bond motifs is 1. The molecular weight excluding hydrogens is 395 g/mol. The number of piperazine rings is 1. The number of pyridine rings is 1. The number of alkyl halides is 3. The second-order valence-corrected chi connectivity index (χ2v) is 7.53. The van der Waals surface area contributed by atoms with Crippen molar-refractivity contribution in [2.75, 3.05) is 31.1 Å². The number of carbonyl (C=O) groups is 1. The van der Waals surface area contributed by atoms with E-state index >= 15 is 0 Å². The number of aromatic nitrogens is 3. The molecule has 0 radical (unpaired) electrons. The van der Waals surface area contributed by atoms with Crippen LogP contribution in [0.1, 0.15) is 27.3 Å². The fourth-order valence-corrected chi connectivity index (χ4v) is 3.87. The van der Waals surface area contributed by atoms with Crippen molar-refractivity contribution in [2.24, 2.45) is 7.05 Å². The van der Waals surface area contributed by atoms with E-state index < -0.39 is 11.7 Å². The Morgan fingerprint density at radius 3 is 2.40 bits per heavy atom. The first-order valence-corrected chi connectivity index (χ1v) is 9.67. The van der Waals surface area contributed by atoms with Crippen LogP contribution in [0.25, 0.3) is 11.0 Å².